The van der Waals surface area contributed by atoms with Crippen LogP contribution in [0.5, 0.6) is 0 Å². The molecule has 12 heavy (non-hydrogen) atoms. The zero-order valence-corrected chi connectivity index (χ0v) is 6.92. The molecule has 0 atom stereocenters. The molecule has 0 aromatic carbocycles. The van der Waals surface area contributed by atoms with Gasteiger partial charge >= 0.3 is 5.97 Å². The zero-order valence-electron chi connectivity index (χ0n) is 6.92. The predicted octanol–water partition coefficient (Wildman–Crippen LogP) is 0.409. The molecule has 0 fully saturated rings. The van der Waals surface area contributed by atoms with Crippen LogP contribution in [0.3, 0.4) is 0 Å². The van der Waals surface area contributed by atoms with Crippen molar-refractivity contribution in [2.45, 2.75) is 19.9 Å². The molecule has 0 radical (unpaired) electrons. The van der Waals surface area contributed by atoms with Crippen LogP contribution >= 0.6 is 0 Å². The highest BCUT2D eigenvalue weighted by molar-refractivity contribution is 5.71. The van der Waals surface area contributed by atoms with Crippen molar-refractivity contribution in [1.29, 1.82) is 0 Å². The average molecular weight is 168 g/mol. The summed E-state index contributed by atoms with van der Waals surface area (Å²) in [7, 11) is 0. The third-order valence-corrected chi connectivity index (χ3v) is 1.84. The van der Waals surface area contributed by atoms with Gasteiger partial charge in [0.15, 0.2) is 0 Å². The number of aliphatic carboxylic acids is 1. The van der Waals surface area contributed by atoms with Gasteiger partial charge in [-0.25, -0.2) is 0 Å². The molecule has 0 saturated heterocycles. The van der Waals surface area contributed by atoms with E-state index in [1.54, 1.807) is 6.20 Å². The number of nitrogens with two attached hydrogens (primary N) is 1. The largest absolute Gasteiger partial charge is 0.481 e. The van der Waals surface area contributed by atoms with Crippen LogP contribution in [0.25, 0.3) is 0 Å². The minimum Gasteiger partial charge on any atom is -0.481 e. The Balaban J connectivity index is 2.94. The van der Waals surface area contributed by atoms with Crippen molar-refractivity contribution in [3.05, 3.63) is 23.0 Å². The second kappa shape index (κ2) is 3.40. The highest BCUT2D eigenvalue weighted by atomic mass is 16.4. The van der Waals surface area contributed by atoms with Crippen LogP contribution in [-0.4, -0.2) is 16.1 Å². The molecule has 0 amide bonds. The van der Waals surface area contributed by atoms with Crippen molar-refractivity contribution < 1.29 is 9.90 Å². The van der Waals surface area contributed by atoms with E-state index < -0.39 is 5.97 Å². The fourth-order valence-electron chi connectivity index (χ4n) is 1.19. The molecule has 0 unspecified atom stereocenters. The lowest BCUT2D eigenvalue weighted by molar-refractivity contribution is -0.136. The Morgan fingerprint density at radius 3 is 2.92 bits per heavy atom. The number of H-pyrrole nitrogens is 1. The van der Waals surface area contributed by atoms with Crippen LogP contribution in [-0.2, 0) is 17.8 Å². The van der Waals surface area contributed by atoms with E-state index in [0.29, 0.717) is 6.54 Å². The van der Waals surface area contributed by atoms with E-state index in [1.165, 1.54) is 0 Å². The minimum atomic E-state index is -0.826. The minimum absolute atomic E-state index is 0.0435. The standard InChI is InChI=1S/C8H12N2O2/c1-5-4-10-7(3-9)6(5)2-8(11)12/h4,10H,2-3,9H2,1H3,(H,11,12). The Kier molecular flexibility index (Phi) is 2.50. The lowest BCUT2D eigenvalue weighted by atomic mass is 10.1. The fraction of sp³-hybridized carbons (Fsp3) is 0.375. The van der Waals surface area contributed by atoms with E-state index in [1.807, 2.05) is 6.92 Å². The average Bonchev–Trinajstić information content (AvgIpc) is 2.32. The van der Waals surface area contributed by atoms with Gasteiger partial charge in [0.05, 0.1) is 6.42 Å². The number of hydrogen-bond donors (Lipinski definition) is 3. The van der Waals surface area contributed by atoms with Crippen molar-refractivity contribution in [3.63, 3.8) is 0 Å². The van der Waals surface area contributed by atoms with Gasteiger partial charge in [-0.2, -0.15) is 0 Å². The highest BCUT2D eigenvalue weighted by Crippen LogP contribution is 2.13. The summed E-state index contributed by atoms with van der Waals surface area (Å²) in [6, 6.07) is 0. The van der Waals surface area contributed by atoms with Crippen LogP contribution < -0.4 is 5.73 Å². The summed E-state index contributed by atoms with van der Waals surface area (Å²) < 4.78 is 0. The van der Waals surface area contributed by atoms with E-state index in [4.69, 9.17) is 10.8 Å². The van der Waals surface area contributed by atoms with Crippen molar-refractivity contribution in [2.24, 2.45) is 5.73 Å². The third-order valence-electron chi connectivity index (χ3n) is 1.84. The Bertz CT molecular complexity index is 291. The summed E-state index contributed by atoms with van der Waals surface area (Å²) in [5.41, 5.74) is 8.00. The van der Waals surface area contributed by atoms with E-state index in [9.17, 15) is 4.79 Å². The lowest BCUT2D eigenvalue weighted by Gasteiger charge is -1.98. The van der Waals surface area contributed by atoms with Gasteiger partial charge in [0.2, 0.25) is 0 Å². The van der Waals surface area contributed by atoms with Crippen molar-refractivity contribution >= 4 is 5.97 Å². The number of rotatable bonds is 3. The first-order valence-corrected chi connectivity index (χ1v) is 3.72. The number of carboxylic acids is 1. The lowest BCUT2D eigenvalue weighted by Crippen LogP contribution is -2.06. The first-order valence-electron chi connectivity index (χ1n) is 3.72. The van der Waals surface area contributed by atoms with Gasteiger partial charge in [-0.3, -0.25) is 4.79 Å². The maximum absolute atomic E-state index is 10.4. The van der Waals surface area contributed by atoms with Gasteiger partial charge in [-0.15, -0.1) is 0 Å². The Labute approximate surface area is 70.4 Å². The van der Waals surface area contributed by atoms with Crippen LogP contribution in [0.1, 0.15) is 16.8 Å². The second-order valence-electron chi connectivity index (χ2n) is 2.70. The molecule has 0 spiro atoms. The van der Waals surface area contributed by atoms with Gasteiger partial charge in [0.25, 0.3) is 0 Å². The Morgan fingerprint density at radius 2 is 2.42 bits per heavy atom. The van der Waals surface area contributed by atoms with Gasteiger partial charge in [0.1, 0.15) is 0 Å². The molecular formula is C8H12N2O2. The highest BCUT2D eigenvalue weighted by Gasteiger charge is 2.09. The van der Waals surface area contributed by atoms with E-state index >= 15 is 0 Å². The number of aryl methyl sites for hydroxylation is 1. The van der Waals surface area contributed by atoms with Crippen LogP contribution in [0.15, 0.2) is 6.20 Å². The summed E-state index contributed by atoms with van der Waals surface area (Å²) in [6.07, 6.45) is 1.82. The molecule has 66 valence electrons. The van der Waals surface area contributed by atoms with Gasteiger partial charge in [0, 0.05) is 18.4 Å². The number of aromatic nitrogens is 1. The fourth-order valence-corrected chi connectivity index (χ4v) is 1.19. The second-order valence-corrected chi connectivity index (χ2v) is 2.70. The summed E-state index contributed by atoms with van der Waals surface area (Å²) in [4.78, 5) is 13.4. The summed E-state index contributed by atoms with van der Waals surface area (Å²) in [6.45, 7) is 2.23. The molecule has 0 aliphatic heterocycles. The topological polar surface area (TPSA) is 79.1 Å². The first kappa shape index (κ1) is 8.80. The molecule has 1 rings (SSSR count). The molecule has 1 heterocycles. The van der Waals surface area contributed by atoms with Gasteiger partial charge in [-0.05, 0) is 18.1 Å². The molecule has 1 aromatic heterocycles. The SMILES string of the molecule is Cc1c[nH]c(CN)c1CC(=O)O. The molecule has 1 aromatic rings. The van der Waals surface area contributed by atoms with Gasteiger partial charge in [-0.1, -0.05) is 0 Å². The number of nitrogens with one attached hydrogen (secondary N) is 1. The smallest absolute Gasteiger partial charge is 0.307 e. The molecule has 0 aliphatic carbocycles. The summed E-state index contributed by atoms with van der Waals surface area (Å²) in [5, 5.41) is 8.57. The van der Waals surface area contributed by atoms with Crippen LogP contribution in [0.4, 0.5) is 0 Å². The monoisotopic (exact) mass is 168 g/mol. The maximum Gasteiger partial charge on any atom is 0.307 e. The Hall–Kier alpha value is -1.29. The van der Waals surface area contributed by atoms with Crippen LogP contribution in [0, 0.1) is 6.92 Å². The van der Waals surface area contributed by atoms with Crippen molar-refractivity contribution in [1.82, 2.24) is 4.98 Å². The number of hydrogen-bond acceptors (Lipinski definition) is 2. The van der Waals surface area contributed by atoms with E-state index in [2.05, 4.69) is 4.98 Å². The molecule has 0 aliphatic rings. The maximum atomic E-state index is 10.4. The number of carbonyl (C=O) groups is 1. The molecule has 0 saturated carbocycles. The number of carboxylic acid groups (broad SMARTS) is 1. The number of aromatic amines is 1. The quantitative estimate of drug-likeness (QED) is 0.611. The molecular weight excluding hydrogens is 156 g/mol. The zero-order chi connectivity index (χ0) is 9.14. The normalized spacial score (nSPS) is 10.2. The first-order chi connectivity index (χ1) is 5.65. The summed E-state index contributed by atoms with van der Waals surface area (Å²) in [5.74, 6) is -0.826. The van der Waals surface area contributed by atoms with E-state index in [-0.39, 0.29) is 6.42 Å². The third kappa shape index (κ3) is 1.65. The molecule has 4 nitrogen and oxygen atoms in total. The summed E-state index contributed by atoms with van der Waals surface area (Å²) >= 11 is 0. The molecule has 4 heteroatoms. The molecule has 0 bridgehead atoms. The van der Waals surface area contributed by atoms with Crippen molar-refractivity contribution in [3.8, 4) is 0 Å². The van der Waals surface area contributed by atoms with E-state index in [0.717, 1.165) is 16.8 Å². The molecule has 4 N–H and O–H groups in total. The Morgan fingerprint density at radius 1 is 1.75 bits per heavy atom. The van der Waals surface area contributed by atoms with Crippen molar-refractivity contribution in [2.75, 3.05) is 0 Å². The van der Waals surface area contributed by atoms with Crippen LogP contribution in [0.2, 0.25) is 0 Å². The van der Waals surface area contributed by atoms with Gasteiger partial charge < -0.3 is 15.8 Å². The predicted molar refractivity (Wildman–Crippen MR) is 44.8 cm³/mol.